The number of aryl methyl sites for hydroxylation is 1. The lowest BCUT2D eigenvalue weighted by Crippen LogP contribution is -2.32. The molecule has 0 spiro atoms. The fraction of sp³-hybridized carbons (Fsp3) is 0.412. The Morgan fingerprint density at radius 2 is 2.04 bits per heavy atom. The highest BCUT2D eigenvalue weighted by molar-refractivity contribution is 6.01. The molecule has 8 nitrogen and oxygen atoms in total. The number of carbonyl (C=O) groups excluding carboxylic acids is 4. The van der Waals surface area contributed by atoms with Crippen LogP contribution in [0.25, 0.3) is 0 Å². The number of hydrogen-bond acceptors (Lipinski definition) is 5. The summed E-state index contributed by atoms with van der Waals surface area (Å²) >= 11 is 0. The van der Waals surface area contributed by atoms with E-state index >= 15 is 0 Å². The lowest BCUT2D eigenvalue weighted by atomic mass is 10.1. The lowest BCUT2D eigenvalue weighted by molar-refractivity contribution is -0.147. The Morgan fingerprint density at radius 3 is 2.72 bits per heavy atom. The fourth-order valence-electron chi connectivity index (χ4n) is 2.35. The normalized spacial score (nSPS) is 13.6. The number of carbonyl (C=O) groups is 4. The number of rotatable bonds is 7. The highest BCUT2D eigenvalue weighted by Gasteiger charge is 2.27. The van der Waals surface area contributed by atoms with Crippen molar-refractivity contribution in [2.24, 2.45) is 0 Å². The molecule has 0 aliphatic carbocycles. The second kappa shape index (κ2) is 8.27. The molecule has 25 heavy (non-hydrogen) atoms. The van der Waals surface area contributed by atoms with Gasteiger partial charge in [0, 0.05) is 18.7 Å². The minimum absolute atomic E-state index is 0.0121. The Bertz CT molecular complexity index is 686. The average molecular weight is 347 g/mol. The van der Waals surface area contributed by atoms with Gasteiger partial charge in [0.05, 0.1) is 6.54 Å². The Kier molecular flexibility index (Phi) is 6.10. The molecule has 1 aromatic carbocycles. The molecule has 0 aromatic heterocycles. The molecule has 1 saturated heterocycles. The van der Waals surface area contributed by atoms with E-state index in [4.69, 9.17) is 4.74 Å². The van der Waals surface area contributed by atoms with Crippen molar-refractivity contribution in [2.75, 3.05) is 25.0 Å². The van der Waals surface area contributed by atoms with Crippen LogP contribution in [-0.4, -0.2) is 48.4 Å². The van der Waals surface area contributed by atoms with E-state index in [0.717, 1.165) is 16.0 Å². The molecule has 0 bridgehead atoms. The predicted octanol–water partition coefficient (Wildman–Crippen LogP) is 1.12. The van der Waals surface area contributed by atoms with Gasteiger partial charge >= 0.3 is 12.0 Å². The van der Waals surface area contributed by atoms with Gasteiger partial charge in [-0.2, -0.15) is 0 Å². The molecule has 1 heterocycles. The van der Waals surface area contributed by atoms with E-state index in [1.807, 2.05) is 26.0 Å². The van der Waals surface area contributed by atoms with Gasteiger partial charge in [-0.05, 0) is 37.5 Å². The standard InChI is InChI=1S/C17H21N3O5/c1-11-5-3-6-13(12(11)2)19-14(21)10-25-16(23)7-4-8-20-15(22)9-18-17(20)24/h3,5-6H,4,7-10H2,1-2H3,(H,18,24)(H,19,21). The van der Waals surface area contributed by atoms with Gasteiger partial charge in [0.15, 0.2) is 6.61 Å². The zero-order chi connectivity index (χ0) is 18.4. The van der Waals surface area contributed by atoms with Gasteiger partial charge in [-0.1, -0.05) is 12.1 Å². The molecule has 4 amide bonds. The van der Waals surface area contributed by atoms with Gasteiger partial charge in [-0.15, -0.1) is 0 Å². The summed E-state index contributed by atoms with van der Waals surface area (Å²) in [5.74, 6) is -1.29. The molecular weight excluding hydrogens is 326 g/mol. The summed E-state index contributed by atoms with van der Waals surface area (Å²) in [4.78, 5) is 47.3. The SMILES string of the molecule is Cc1cccc(NC(=O)COC(=O)CCCN2C(=O)CNC2=O)c1C. The fourth-order valence-corrected chi connectivity index (χ4v) is 2.35. The van der Waals surface area contributed by atoms with Crippen molar-refractivity contribution in [3.05, 3.63) is 29.3 Å². The van der Waals surface area contributed by atoms with Gasteiger partial charge in [0.25, 0.3) is 5.91 Å². The van der Waals surface area contributed by atoms with Crippen LogP contribution in [-0.2, 0) is 19.1 Å². The highest BCUT2D eigenvalue weighted by atomic mass is 16.5. The van der Waals surface area contributed by atoms with Crippen LogP contribution in [0, 0.1) is 13.8 Å². The molecule has 134 valence electrons. The maximum Gasteiger partial charge on any atom is 0.324 e. The Morgan fingerprint density at radius 1 is 1.28 bits per heavy atom. The zero-order valence-corrected chi connectivity index (χ0v) is 14.3. The molecule has 1 aliphatic rings. The quantitative estimate of drug-likeness (QED) is 0.568. The summed E-state index contributed by atoms with van der Waals surface area (Å²) in [5, 5.41) is 5.09. The van der Waals surface area contributed by atoms with Gasteiger partial charge in [0.1, 0.15) is 0 Å². The van der Waals surface area contributed by atoms with Crippen molar-refractivity contribution in [1.82, 2.24) is 10.2 Å². The smallest absolute Gasteiger partial charge is 0.324 e. The minimum atomic E-state index is -0.553. The first-order chi connectivity index (χ1) is 11.9. The summed E-state index contributed by atoms with van der Waals surface area (Å²) in [5.41, 5.74) is 2.69. The molecule has 0 saturated carbocycles. The second-order valence-electron chi connectivity index (χ2n) is 5.76. The monoisotopic (exact) mass is 347 g/mol. The van der Waals surface area contributed by atoms with Gasteiger partial charge in [-0.25, -0.2) is 4.79 Å². The molecular formula is C17H21N3O5. The lowest BCUT2D eigenvalue weighted by Gasteiger charge is -2.12. The molecule has 0 atom stereocenters. The molecule has 0 unspecified atom stereocenters. The van der Waals surface area contributed by atoms with Crippen molar-refractivity contribution in [2.45, 2.75) is 26.7 Å². The van der Waals surface area contributed by atoms with Crippen LogP contribution in [0.2, 0.25) is 0 Å². The Balaban J connectivity index is 1.69. The maximum absolute atomic E-state index is 11.9. The number of imide groups is 1. The summed E-state index contributed by atoms with van der Waals surface area (Å²) < 4.78 is 4.91. The number of urea groups is 1. The highest BCUT2D eigenvalue weighted by Crippen LogP contribution is 2.17. The van der Waals surface area contributed by atoms with E-state index in [-0.39, 0.29) is 38.4 Å². The first-order valence-corrected chi connectivity index (χ1v) is 7.98. The number of anilines is 1. The second-order valence-corrected chi connectivity index (χ2v) is 5.76. The summed E-state index contributed by atoms with van der Waals surface area (Å²) in [6.45, 7) is 3.59. The molecule has 1 fully saturated rings. The van der Waals surface area contributed by atoms with Crippen molar-refractivity contribution in [3.63, 3.8) is 0 Å². The van der Waals surface area contributed by atoms with Crippen molar-refractivity contribution < 1.29 is 23.9 Å². The molecule has 2 N–H and O–H groups in total. The summed E-state index contributed by atoms with van der Waals surface area (Å²) in [6.07, 6.45) is 0.310. The van der Waals surface area contributed by atoms with Crippen LogP contribution in [0.5, 0.6) is 0 Å². The number of nitrogens with one attached hydrogen (secondary N) is 2. The zero-order valence-electron chi connectivity index (χ0n) is 14.3. The van der Waals surface area contributed by atoms with Crippen LogP contribution < -0.4 is 10.6 Å². The number of amides is 4. The van der Waals surface area contributed by atoms with Crippen LogP contribution in [0.4, 0.5) is 10.5 Å². The van der Waals surface area contributed by atoms with Crippen LogP contribution in [0.3, 0.4) is 0 Å². The van der Waals surface area contributed by atoms with E-state index in [1.165, 1.54) is 0 Å². The van der Waals surface area contributed by atoms with Crippen molar-refractivity contribution in [1.29, 1.82) is 0 Å². The predicted molar refractivity (Wildman–Crippen MR) is 89.9 cm³/mol. The van der Waals surface area contributed by atoms with Crippen LogP contribution in [0.15, 0.2) is 18.2 Å². The number of nitrogens with zero attached hydrogens (tertiary/aromatic N) is 1. The third kappa shape index (κ3) is 5.03. The number of hydrogen-bond donors (Lipinski definition) is 2. The molecule has 1 aliphatic heterocycles. The number of esters is 1. The first kappa shape index (κ1) is 18.4. The topological polar surface area (TPSA) is 105 Å². The third-order valence-corrected chi connectivity index (χ3v) is 3.94. The van der Waals surface area contributed by atoms with Gasteiger partial charge in [-0.3, -0.25) is 19.3 Å². The molecule has 2 rings (SSSR count). The largest absolute Gasteiger partial charge is 0.456 e. The van der Waals surface area contributed by atoms with Crippen molar-refractivity contribution in [3.8, 4) is 0 Å². The molecule has 8 heteroatoms. The maximum atomic E-state index is 11.9. The first-order valence-electron chi connectivity index (χ1n) is 7.98. The van der Waals surface area contributed by atoms with Gasteiger partial charge in [0.2, 0.25) is 5.91 Å². The summed E-state index contributed by atoms with van der Waals surface area (Å²) in [6, 6.07) is 5.10. The Hall–Kier alpha value is -2.90. The van der Waals surface area contributed by atoms with Gasteiger partial charge < -0.3 is 15.4 Å². The van der Waals surface area contributed by atoms with Crippen LogP contribution >= 0.6 is 0 Å². The van der Waals surface area contributed by atoms with E-state index < -0.39 is 17.9 Å². The van der Waals surface area contributed by atoms with Crippen molar-refractivity contribution >= 4 is 29.5 Å². The third-order valence-electron chi connectivity index (χ3n) is 3.94. The van der Waals surface area contributed by atoms with E-state index in [9.17, 15) is 19.2 Å². The molecule has 1 aromatic rings. The number of benzene rings is 1. The average Bonchev–Trinajstić information content (AvgIpc) is 2.89. The number of ether oxygens (including phenoxy) is 1. The van der Waals surface area contributed by atoms with Crippen LogP contribution in [0.1, 0.15) is 24.0 Å². The summed E-state index contributed by atoms with van der Waals surface area (Å²) in [7, 11) is 0. The van der Waals surface area contributed by atoms with E-state index in [0.29, 0.717) is 5.69 Å². The van der Waals surface area contributed by atoms with E-state index in [2.05, 4.69) is 10.6 Å². The van der Waals surface area contributed by atoms with E-state index in [1.54, 1.807) is 6.07 Å². The Labute approximate surface area is 145 Å². The molecule has 0 radical (unpaired) electrons. The minimum Gasteiger partial charge on any atom is -0.456 e.